The van der Waals surface area contributed by atoms with Crippen LogP contribution in [0.15, 0.2) is 47.8 Å². The van der Waals surface area contributed by atoms with E-state index in [-0.39, 0.29) is 5.91 Å². The number of benzene rings is 1. The van der Waals surface area contributed by atoms with Crippen molar-refractivity contribution in [2.75, 3.05) is 11.1 Å². The number of carbonyl (C=O) groups excluding carboxylic acids is 1. The number of hydrogen-bond donors (Lipinski definition) is 1. The van der Waals surface area contributed by atoms with Crippen molar-refractivity contribution in [3.05, 3.63) is 42.7 Å². The minimum absolute atomic E-state index is 0.0491. The van der Waals surface area contributed by atoms with Gasteiger partial charge in [-0.05, 0) is 24.3 Å². The summed E-state index contributed by atoms with van der Waals surface area (Å²) in [5.74, 6) is 0.587. The Morgan fingerprint density at radius 3 is 3.08 bits per heavy atom. The predicted octanol–water partition coefficient (Wildman–Crippen LogP) is 2.85. The Morgan fingerprint density at radius 2 is 2.17 bits per heavy atom. The zero-order chi connectivity index (χ0) is 16.4. The first-order chi connectivity index (χ1) is 11.8. The van der Waals surface area contributed by atoms with E-state index in [1.165, 1.54) is 23.1 Å². The van der Waals surface area contributed by atoms with E-state index in [0.29, 0.717) is 23.0 Å². The van der Waals surface area contributed by atoms with E-state index < -0.39 is 0 Å². The second kappa shape index (κ2) is 6.54. The van der Waals surface area contributed by atoms with Gasteiger partial charge < -0.3 is 5.32 Å². The van der Waals surface area contributed by atoms with Gasteiger partial charge in [0.1, 0.15) is 11.4 Å². The van der Waals surface area contributed by atoms with Crippen LogP contribution < -0.4 is 5.32 Å². The van der Waals surface area contributed by atoms with Gasteiger partial charge >= 0.3 is 0 Å². The van der Waals surface area contributed by atoms with E-state index in [0.717, 1.165) is 15.2 Å². The minimum Gasteiger partial charge on any atom is -0.302 e. The second-order valence-corrected chi connectivity index (χ2v) is 7.08. The molecule has 1 amide bonds. The summed E-state index contributed by atoms with van der Waals surface area (Å²) in [5, 5.41) is 16.4. The monoisotopic (exact) mass is 356 g/mol. The average Bonchev–Trinajstić information content (AvgIpc) is 3.19. The summed E-state index contributed by atoms with van der Waals surface area (Å²) < 4.78 is 2.68. The molecule has 3 aromatic heterocycles. The molecule has 7 nitrogen and oxygen atoms in total. The smallest absolute Gasteiger partial charge is 0.226 e. The quantitative estimate of drug-likeness (QED) is 0.554. The van der Waals surface area contributed by atoms with Crippen LogP contribution >= 0.6 is 23.1 Å². The molecule has 24 heavy (non-hydrogen) atoms. The number of thiazole rings is 1. The summed E-state index contributed by atoms with van der Waals surface area (Å²) in [4.78, 5) is 16.4. The van der Waals surface area contributed by atoms with Crippen LogP contribution in [0.25, 0.3) is 15.9 Å². The van der Waals surface area contributed by atoms with Gasteiger partial charge in [-0.1, -0.05) is 23.5 Å². The number of para-hydroxylation sites is 1. The minimum atomic E-state index is -0.0491. The molecule has 1 aromatic carbocycles. The summed E-state index contributed by atoms with van der Waals surface area (Å²) in [6, 6.07) is 11.5. The van der Waals surface area contributed by atoms with E-state index in [1.54, 1.807) is 10.8 Å². The van der Waals surface area contributed by atoms with Crippen LogP contribution in [-0.4, -0.2) is 36.5 Å². The van der Waals surface area contributed by atoms with Crippen LogP contribution in [0, 0.1) is 0 Å². The highest BCUT2D eigenvalue weighted by Gasteiger charge is 2.08. The fraction of sp³-hybridized carbons (Fsp3) is 0.133. The molecule has 4 rings (SSSR count). The Balaban J connectivity index is 1.32. The Bertz CT molecular complexity index is 978. The lowest BCUT2D eigenvalue weighted by Crippen LogP contribution is -2.11. The van der Waals surface area contributed by atoms with E-state index in [2.05, 4.69) is 25.6 Å². The maximum Gasteiger partial charge on any atom is 0.226 e. The van der Waals surface area contributed by atoms with Crippen LogP contribution in [0.3, 0.4) is 0 Å². The van der Waals surface area contributed by atoms with Gasteiger partial charge in [0.15, 0.2) is 10.8 Å². The SMILES string of the molecule is O=C(CCSc1ccc2nncn2n1)Nc1nc2ccccc2s1. The topological polar surface area (TPSA) is 85.1 Å². The van der Waals surface area contributed by atoms with Crippen molar-refractivity contribution in [1.82, 2.24) is 24.8 Å². The molecule has 120 valence electrons. The summed E-state index contributed by atoms with van der Waals surface area (Å²) in [6.07, 6.45) is 1.95. The number of anilines is 1. The van der Waals surface area contributed by atoms with E-state index in [4.69, 9.17) is 0 Å². The Kier molecular flexibility index (Phi) is 4.09. The van der Waals surface area contributed by atoms with Crippen molar-refractivity contribution in [3.8, 4) is 0 Å². The molecular formula is C15H12N6OS2. The fourth-order valence-corrected chi connectivity index (χ4v) is 3.83. The first kappa shape index (κ1) is 15.0. The summed E-state index contributed by atoms with van der Waals surface area (Å²) in [7, 11) is 0. The third-order valence-corrected chi connectivity index (χ3v) is 5.13. The molecule has 1 N–H and O–H groups in total. The third kappa shape index (κ3) is 3.22. The molecule has 0 aliphatic heterocycles. The molecule has 9 heteroatoms. The first-order valence-corrected chi connectivity index (χ1v) is 9.03. The van der Waals surface area contributed by atoms with Gasteiger partial charge in [-0.2, -0.15) is 9.61 Å². The molecule has 0 saturated carbocycles. The number of nitrogens with zero attached hydrogens (tertiary/aromatic N) is 5. The van der Waals surface area contributed by atoms with Crippen LogP contribution in [0.5, 0.6) is 0 Å². The second-order valence-electron chi connectivity index (χ2n) is 4.94. The van der Waals surface area contributed by atoms with Gasteiger partial charge in [0.05, 0.1) is 10.2 Å². The zero-order valence-electron chi connectivity index (χ0n) is 12.4. The number of amides is 1. The fourth-order valence-electron chi connectivity index (χ4n) is 2.14. The molecule has 4 aromatic rings. The molecule has 0 aliphatic rings. The molecular weight excluding hydrogens is 344 g/mol. The van der Waals surface area contributed by atoms with Gasteiger partial charge in [-0.25, -0.2) is 4.98 Å². The van der Waals surface area contributed by atoms with Crippen molar-refractivity contribution < 1.29 is 4.79 Å². The number of hydrogen-bond acceptors (Lipinski definition) is 7. The molecule has 0 fully saturated rings. The summed E-state index contributed by atoms with van der Waals surface area (Å²) >= 11 is 3.00. The van der Waals surface area contributed by atoms with Crippen molar-refractivity contribution in [2.45, 2.75) is 11.4 Å². The summed E-state index contributed by atoms with van der Waals surface area (Å²) in [6.45, 7) is 0. The Labute approximate surface area is 145 Å². The summed E-state index contributed by atoms with van der Waals surface area (Å²) in [5.41, 5.74) is 1.60. The van der Waals surface area contributed by atoms with E-state index in [1.807, 2.05) is 36.4 Å². The van der Waals surface area contributed by atoms with Crippen LogP contribution in [0.4, 0.5) is 5.13 Å². The molecule has 0 radical (unpaired) electrons. The molecule has 0 spiro atoms. The maximum atomic E-state index is 12.0. The lowest BCUT2D eigenvalue weighted by molar-refractivity contribution is -0.115. The zero-order valence-corrected chi connectivity index (χ0v) is 14.0. The van der Waals surface area contributed by atoms with Gasteiger partial charge in [0, 0.05) is 12.2 Å². The highest BCUT2D eigenvalue weighted by atomic mass is 32.2. The molecule has 0 bridgehead atoms. The average molecular weight is 356 g/mol. The maximum absolute atomic E-state index is 12.0. The molecule has 0 saturated heterocycles. The Hall–Kier alpha value is -2.52. The van der Waals surface area contributed by atoms with Crippen molar-refractivity contribution in [1.29, 1.82) is 0 Å². The molecule has 0 aliphatic carbocycles. The van der Waals surface area contributed by atoms with Crippen LogP contribution in [0.1, 0.15) is 6.42 Å². The third-order valence-electron chi connectivity index (χ3n) is 3.26. The van der Waals surface area contributed by atoms with Gasteiger partial charge in [-0.3, -0.25) is 4.79 Å². The normalized spacial score (nSPS) is 11.2. The number of nitrogens with one attached hydrogen (secondary N) is 1. The number of thioether (sulfide) groups is 1. The van der Waals surface area contributed by atoms with Gasteiger partial charge in [0.2, 0.25) is 5.91 Å². The van der Waals surface area contributed by atoms with Crippen molar-refractivity contribution in [3.63, 3.8) is 0 Å². The predicted molar refractivity (Wildman–Crippen MR) is 94.4 cm³/mol. The molecule has 0 atom stereocenters. The van der Waals surface area contributed by atoms with E-state index in [9.17, 15) is 4.79 Å². The van der Waals surface area contributed by atoms with Crippen molar-refractivity contribution >= 4 is 50.0 Å². The number of rotatable bonds is 5. The Morgan fingerprint density at radius 1 is 1.25 bits per heavy atom. The lowest BCUT2D eigenvalue weighted by atomic mass is 10.3. The van der Waals surface area contributed by atoms with Gasteiger partial charge in [-0.15, -0.1) is 22.0 Å². The van der Waals surface area contributed by atoms with Gasteiger partial charge in [0.25, 0.3) is 0 Å². The highest BCUT2D eigenvalue weighted by molar-refractivity contribution is 7.99. The lowest BCUT2D eigenvalue weighted by Gasteiger charge is -2.02. The highest BCUT2D eigenvalue weighted by Crippen LogP contribution is 2.25. The molecule has 0 unspecified atom stereocenters. The number of aromatic nitrogens is 5. The largest absolute Gasteiger partial charge is 0.302 e. The van der Waals surface area contributed by atoms with E-state index >= 15 is 0 Å². The molecule has 3 heterocycles. The standard InChI is InChI=1S/C15H12N6OS2/c22-13(18-15-17-10-3-1-2-4-11(10)24-15)7-8-23-14-6-5-12-19-16-9-21(12)20-14/h1-6,9H,7-8H2,(H,17,18,22). The number of fused-ring (bicyclic) bond motifs is 2. The van der Waals surface area contributed by atoms with Crippen LogP contribution in [0.2, 0.25) is 0 Å². The number of carbonyl (C=O) groups is 1. The van der Waals surface area contributed by atoms with Crippen molar-refractivity contribution in [2.24, 2.45) is 0 Å². The van der Waals surface area contributed by atoms with Crippen LogP contribution in [-0.2, 0) is 4.79 Å². The first-order valence-electron chi connectivity index (χ1n) is 7.23.